The molecule has 0 radical (unpaired) electrons. The van der Waals surface area contributed by atoms with Gasteiger partial charge in [0.15, 0.2) is 15.8 Å². The normalized spacial score (nSPS) is 20.0. The molecule has 7 heteroatoms. The zero-order chi connectivity index (χ0) is 19.2. The van der Waals surface area contributed by atoms with Crippen LogP contribution < -0.4 is 15.4 Å². The lowest BCUT2D eigenvalue weighted by molar-refractivity contribution is 0.327. The minimum absolute atomic E-state index is 0.0674. The van der Waals surface area contributed by atoms with Crippen molar-refractivity contribution in [2.24, 2.45) is 4.99 Å². The van der Waals surface area contributed by atoms with Crippen molar-refractivity contribution in [2.45, 2.75) is 45.6 Å². The second-order valence-electron chi connectivity index (χ2n) is 7.63. The lowest BCUT2D eigenvalue weighted by Gasteiger charge is -2.19. The van der Waals surface area contributed by atoms with Crippen molar-refractivity contribution in [1.82, 2.24) is 10.6 Å². The number of nitrogens with zero attached hydrogens (tertiary/aromatic N) is 1. The van der Waals surface area contributed by atoms with Crippen molar-refractivity contribution in [3.8, 4) is 5.75 Å². The Bertz CT molecular complexity index is 724. The Morgan fingerprint density at radius 1 is 1.35 bits per heavy atom. The number of aliphatic imine (C=N–C) groups is 1. The largest absolute Gasteiger partial charge is 0.492 e. The average Bonchev–Trinajstić information content (AvgIpc) is 2.90. The molecule has 1 heterocycles. The number of rotatable bonds is 6. The van der Waals surface area contributed by atoms with Gasteiger partial charge in [0.25, 0.3) is 0 Å². The summed E-state index contributed by atoms with van der Waals surface area (Å²) >= 11 is 0. The second-order valence-corrected chi connectivity index (χ2v) is 9.86. The number of benzene rings is 1. The first kappa shape index (κ1) is 20.6. The van der Waals surface area contributed by atoms with Crippen LogP contribution in [0.25, 0.3) is 0 Å². The van der Waals surface area contributed by atoms with Crippen molar-refractivity contribution < 1.29 is 13.2 Å². The topological polar surface area (TPSA) is 79.8 Å². The van der Waals surface area contributed by atoms with Crippen LogP contribution in [0.2, 0.25) is 0 Å². The van der Waals surface area contributed by atoms with E-state index in [-0.39, 0.29) is 23.0 Å². The van der Waals surface area contributed by atoms with Crippen LogP contribution >= 0.6 is 0 Å². The fraction of sp³-hybridized carbons (Fsp3) is 0.632. The third-order valence-corrected chi connectivity index (χ3v) is 6.02. The maximum atomic E-state index is 11.6. The van der Waals surface area contributed by atoms with Gasteiger partial charge in [-0.1, -0.05) is 32.9 Å². The summed E-state index contributed by atoms with van der Waals surface area (Å²) in [5.74, 6) is 1.90. The van der Waals surface area contributed by atoms with E-state index in [4.69, 9.17) is 4.74 Å². The van der Waals surface area contributed by atoms with E-state index >= 15 is 0 Å². The Hall–Kier alpha value is -1.76. The molecule has 0 aromatic heterocycles. The van der Waals surface area contributed by atoms with Crippen LogP contribution in [0.5, 0.6) is 5.75 Å². The highest BCUT2D eigenvalue weighted by Crippen LogP contribution is 2.25. The summed E-state index contributed by atoms with van der Waals surface area (Å²) in [5, 5.41) is 6.36. The first-order valence-corrected chi connectivity index (χ1v) is 11.0. The van der Waals surface area contributed by atoms with E-state index in [1.54, 1.807) is 0 Å². The van der Waals surface area contributed by atoms with E-state index in [2.05, 4.69) is 48.5 Å². The molecule has 1 unspecified atom stereocenters. The molecule has 2 rings (SSSR count). The third kappa shape index (κ3) is 6.52. The third-order valence-electron chi connectivity index (χ3n) is 4.25. The average molecular weight is 382 g/mol. The Morgan fingerprint density at radius 3 is 2.73 bits per heavy atom. The smallest absolute Gasteiger partial charge is 0.191 e. The van der Waals surface area contributed by atoms with Crippen molar-refractivity contribution in [1.29, 1.82) is 0 Å². The highest BCUT2D eigenvalue weighted by molar-refractivity contribution is 7.91. The molecule has 0 amide bonds. The number of guanidine groups is 1. The van der Waals surface area contributed by atoms with Gasteiger partial charge in [0.05, 0.1) is 18.1 Å². The predicted molar refractivity (Wildman–Crippen MR) is 107 cm³/mol. The summed E-state index contributed by atoms with van der Waals surface area (Å²) in [7, 11) is -2.90. The van der Waals surface area contributed by atoms with Gasteiger partial charge in [0.1, 0.15) is 12.4 Å². The van der Waals surface area contributed by atoms with Crippen LogP contribution in [0.15, 0.2) is 29.3 Å². The molecule has 0 spiro atoms. The molecule has 6 nitrogen and oxygen atoms in total. The van der Waals surface area contributed by atoms with Crippen LogP contribution in [0.1, 0.15) is 39.7 Å². The minimum Gasteiger partial charge on any atom is -0.492 e. The van der Waals surface area contributed by atoms with Crippen LogP contribution in [-0.2, 0) is 15.3 Å². The standard InChI is InChI=1S/C19H31N3O3S/c1-5-20-18(22-16-9-12-26(23,24)14-16)21-10-11-25-17-8-6-7-15(13-17)19(2,3)4/h6-8,13,16H,5,9-12,14H2,1-4H3,(H2,20,21,22). The van der Waals surface area contributed by atoms with E-state index in [1.165, 1.54) is 5.56 Å². The van der Waals surface area contributed by atoms with Crippen molar-refractivity contribution in [2.75, 3.05) is 31.2 Å². The number of ether oxygens (including phenoxy) is 1. The Kier molecular flexibility index (Phi) is 6.92. The molecular formula is C19H31N3O3S. The lowest BCUT2D eigenvalue weighted by atomic mass is 9.87. The zero-order valence-electron chi connectivity index (χ0n) is 16.2. The van der Waals surface area contributed by atoms with Crippen LogP contribution in [0.3, 0.4) is 0 Å². The summed E-state index contributed by atoms with van der Waals surface area (Å²) in [4.78, 5) is 4.49. The van der Waals surface area contributed by atoms with Gasteiger partial charge in [0, 0.05) is 12.6 Å². The molecule has 26 heavy (non-hydrogen) atoms. The summed E-state index contributed by atoms with van der Waals surface area (Å²) in [6.45, 7) is 10.2. The highest BCUT2D eigenvalue weighted by Gasteiger charge is 2.28. The molecule has 0 bridgehead atoms. The molecule has 1 aliphatic rings. The SMILES string of the molecule is CCNC(=NCCOc1cccc(C(C)(C)C)c1)NC1CCS(=O)(=O)C1. The van der Waals surface area contributed by atoms with Gasteiger partial charge in [-0.25, -0.2) is 13.4 Å². The number of hydrogen-bond acceptors (Lipinski definition) is 4. The molecular weight excluding hydrogens is 350 g/mol. The Morgan fingerprint density at radius 2 is 2.12 bits per heavy atom. The van der Waals surface area contributed by atoms with Crippen LogP contribution in [0.4, 0.5) is 0 Å². The van der Waals surface area contributed by atoms with E-state index in [1.807, 2.05) is 19.1 Å². The Labute approximate surface area is 157 Å². The van der Waals surface area contributed by atoms with Gasteiger partial charge >= 0.3 is 0 Å². The molecule has 0 aliphatic carbocycles. The summed E-state index contributed by atoms with van der Waals surface area (Å²) < 4.78 is 29.0. The maximum absolute atomic E-state index is 11.6. The molecule has 1 atom stereocenters. The Balaban J connectivity index is 1.86. The van der Waals surface area contributed by atoms with Gasteiger partial charge in [-0.2, -0.15) is 0 Å². The van der Waals surface area contributed by atoms with Gasteiger partial charge in [-0.3, -0.25) is 0 Å². The fourth-order valence-electron chi connectivity index (χ4n) is 2.80. The van der Waals surface area contributed by atoms with Gasteiger partial charge in [-0.15, -0.1) is 0 Å². The lowest BCUT2D eigenvalue weighted by Crippen LogP contribution is -2.44. The first-order chi connectivity index (χ1) is 12.2. The minimum atomic E-state index is -2.90. The number of hydrogen-bond donors (Lipinski definition) is 2. The molecule has 1 fully saturated rings. The quantitative estimate of drug-likeness (QED) is 0.448. The molecule has 2 N–H and O–H groups in total. The summed E-state index contributed by atoms with van der Waals surface area (Å²) in [5.41, 5.74) is 1.32. The van der Waals surface area contributed by atoms with E-state index < -0.39 is 9.84 Å². The summed E-state index contributed by atoms with van der Waals surface area (Å²) in [6.07, 6.45) is 0.628. The summed E-state index contributed by atoms with van der Waals surface area (Å²) in [6, 6.07) is 8.06. The predicted octanol–water partition coefficient (Wildman–Crippen LogP) is 2.11. The molecule has 1 aromatic carbocycles. The first-order valence-electron chi connectivity index (χ1n) is 9.18. The van der Waals surface area contributed by atoms with Crippen LogP contribution in [-0.4, -0.2) is 51.6 Å². The number of nitrogens with one attached hydrogen (secondary N) is 2. The van der Waals surface area contributed by atoms with Gasteiger partial charge in [-0.05, 0) is 36.5 Å². The molecule has 0 saturated carbocycles. The fourth-order valence-corrected chi connectivity index (χ4v) is 4.47. The molecule has 1 saturated heterocycles. The van der Waals surface area contributed by atoms with E-state index in [0.29, 0.717) is 25.5 Å². The van der Waals surface area contributed by atoms with Crippen LogP contribution in [0, 0.1) is 0 Å². The second kappa shape index (κ2) is 8.75. The zero-order valence-corrected chi connectivity index (χ0v) is 17.0. The van der Waals surface area contributed by atoms with E-state index in [0.717, 1.165) is 12.3 Å². The van der Waals surface area contributed by atoms with Crippen molar-refractivity contribution in [3.05, 3.63) is 29.8 Å². The van der Waals surface area contributed by atoms with Crippen molar-refractivity contribution >= 4 is 15.8 Å². The molecule has 1 aliphatic heterocycles. The monoisotopic (exact) mass is 381 g/mol. The molecule has 1 aromatic rings. The maximum Gasteiger partial charge on any atom is 0.191 e. The van der Waals surface area contributed by atoms with Crippen molar-refractivity contribution in [3.63, 3.8) is 0 Å². The van der Waals surface area contributed by atoms with Gasteiger partial charge < -0.3 is 15.4 Å². The highest BCUT2D eigenvalue weighted by atomic mass is 32.2. The van der Waals surface area contributed by atoms with Gasteiger partial charge in [0.2, 0.25) is 0 Å². The van der Waals surface area contributed by atoms with E-state index in [9.17, 15) is 8.42 Å². The number of sulfone groups is 1. The molecule has 146 valence electrons.